The van der Waals surface area contributed by atoms with Crippen molar-refractivity contribution in [2.24, 2.45) is 11.8 Å². The van der Waals surface area contributed by atoms with Crippen LogP contribution in [0, 0.1) is 29.5 Å². The lowest BCUT2D eigenvalue weighted by molar-refractivity contribution is -0.146. The zero-order valence-corrected chi connectivity index (χ0v) is 20.8. The number of benzene rings is 1. The third-order valence-electron chi connectivity index (χ3n) is 6.45. The second kappa shape index (κ2) is 11.4. The van der Waals surface area contributed by atoms with Gasteiger partial charge < -0.3 is 14.9 Å². The fraction of sp³-hybridized carbons (Fsp3) is 0.385. The Morgan fingerprint density at radius 3 is 2.97 bits per heavy atom. The minimum absolute atomic E-state index is 0.0702. The summed E-state index contributed by atoms with van der Waals surface area (Å²) in [5.74, 6) is 4.82. The van der Waals surface area contributed by atoms with E-state index in [4.69, 9.17) is 16.3 Å². The van der Waals surface area contributed by atoms with Gasteiger partial charge in [0.15, 0.2) is 0 Å². The molecule has 4 rings (SSSR count). The van der Waals surface area contributed by atoms with Crippen LogP contribution in [0.5, 0.6) is 5.75 Å². The number of likely N-dealkylation sites (tertiary alicyclic amines) is 1. The van der Waals surface area contributed by atoms with Crippen LogP contribution in [0.2, 0.25) is 5.02 Å². The number of aliphatic hydroxyl groups is 1. The number of methoxy groups -OCH3 is 1. The number of carboxylic acids is 1. The van der Waals surface area contributed by atoms with Gasteiger partial charge in [-0.15, -0.1) is 11.3 Å². The molecule has 1 aromatic carbocycles. The summed E-state index contributed by atoms with van der Waals surface area (Å²) in [5, 5.41) is 23.4. The molecule has 3 aromatic rings. The number of piperidine rings is 1. The van der Waals surface area contributed by atoms with Gasteiger partial charge in [-0.05, 0) is 49.9 Å². The molecule has 1 saturated heterocycles. The number of aromatic nitrogens is 1. The predicted octanol–water partition coefficient (Wildman–Crippen LogP) is 4.99. The first kappa shape index (κ1) is 25.4. The Kier molecular flexibility index (Phi) is 8.24. The molecule has 9 heteroatoms. The molecule has 2 N–H and O–H groups in total. The fourth-order valence-electron chi connectivity index (χ4n) is 4.60. The molecule has 1 aliphatic rings. The summed E-state index contributed by atoms with van der Waals surface area (Å²) in [6.45, 7) is 1.53. The number of hydrogen-bond donors (Lipinski definition) is 2. The van der Waals surface area contributed by atoms with E-state index < -0.39 is 18.0 Å². The topological polar surface area (TPSA) is 82.9 Å². The van der Waals surface area contributed by atoms with Crippen molar-refractivity contribution in [1.29, 1.82) is 0 Å². The summed E-state index contributed by atoms with van der Waals surface area (Å²) in [7, 11) is 1.57. The maximum atomic E-state index is 13.1. The highest BCUT2D eigenvalue weighted by Gasteiger charge is 2.34. The number of pyridine rings is 1. The van der Waals surface area contributed by atoms with Crippen molar-refractivity contribution < 1.29 is 24.1 Å². The van der Waals surface area contributed by atoms with Crippen LogP contribution in [0.15, 0.2) is 35.8 Å². The Morgan fingerprint density at radius 1 is 1.43 bits per heavy atom. The van der Waals surface area contributed by atoms with Gasteiger partial charge in [0.1, 0.15) is 11.6 Å². The molecule has 0 radical (unpaired) electrons. The van der Waals surface area contributed by atoms with Crippen LogP contribution in [0.3, 0.4) is 0 Å². The SMILES string of the molecule is COc1ccc2ncc(Cl)c(C(O)CCC3CCN(CC#Cc4cc(F)cs4)CC3C(=O)O)c2c1. The normalized spacial score (nSPS) is 19.2. The molecule has 184 valence electrons. The largest absolute Gasteiger partial charge is 0.497 e. The van der Waals surface area contributed by atoms with E-state index in [0.717, 1.165) is 5.39 Å². The number of fused-ring (bicyclic) bond motifs is 1. The molecule has 0 saturated carbocycles. The molecule has 2 aromatic heterocycles. The molecule has 0 aliphatic carbocycles. The summed E-state index contributed by atoms with van der Waals surface area (Å²) in [4.78, 5) is 19.0. The van der Waals surface area contributed by atoms with Crippen LogP contribution in [-0.2, 0) is 4.79 Å². The summed E-state index contributed by atoms with van der Waals surface area (Å²) in [6.07, 6.45) is 2.30. The summed E-state index contributed by atoms with van der Waals surface area (Å²) < 4.78 is 18.4. The molecular weight excluding hydrogens is 491 g/mol. The zero-order valence-electron chi connectivity index (χ0n) is 19.2. The molecule has 0 spiro atoms. The van der Waals surface area contributed by atoms with E-state index in [1.807, 2.05) is 11.0 Å². The van der Waals surface area contributed by atoms with Crippen LogP contribution in [-0.4, -0.2) is 52.8 Å². The second-order valence-electron chi connectivity index (χ2n) is 8.66. The third kappa shape index (κ3) is 6.11. The Hall–Kier alpha value is -2.70. The van der Waals surface area contributed by atoms with Crippen LogP contribution >= 0.6 is 22.9 Å². The zero-order chi connectivity index (χ0) is 24.9. The first-order chi connectivity index (χ1) is 16.9. The second-order valence-corrected chi connectivity index (χ2v) is 9.97. The van der Waals surface area contributed by atoms with Gasteiger partial charge in [-0.2, -0.15) is 0 Å². The fourth-order valence-corrected chi connectivity index (χ4v) is 5.50. The number of thiophene rings is 1. The van der Waals surface area contributed by atoms with Gasteiger partial charge in [0.25, 0.3) is 0 Å². The van der Waals surface area contributed by atoms with Crippen LogP contribution in [0.25, 0.3) is 10.9 Å². The van der Waals surface area contributed by atoms with E-state index in [9.17, 15) is 19.4 Å². The van der Waals surface area contributed by atoms with Gasteiger partial charge in [0.05, 0.1) is 41.1 Å². The number of aliphatic hydroxyl groups excluding tert-OH is 1. The summed E-state index contributed by atoms with van der Waals surface area (Å²) >= 11 is 7.66. The Morgan fingerprint density at radius 2 is 2.26 bits per heavy atom. The molecule has 3 unspecified atom stereocenters. The monoisotopic (exact) mass is 516 g/mol. The van der Waals surface area contributed by atoms with Gasteiger partial charge >= 0.3 is 5.97 Å². The van der Waals surface area contributed by atoms with Gasteiger partial charge in [-0.1, -0.05) is 23.4 Å². The Bertz CT molecular complexity index is 1270. The van der Waals surface area contributed by atoms with E-state index in [1.54, 1.807) is 19.2 Å². The molecule has 6 nitrogen and oxygen atoms in total. The quantitative estimate of drug-likeness (QED) is 0.431. The maximum Gasteiger partial charge on any atom is 0.308 e. The number of carbonyl (C=O) groups is 1. The molecule has 0 amide bonds. The molecule has 3 heterocycles. The van der Waals surface area contributed by atoms with Crippen molar-refractivity contribution in [3.05, 3.63) is 57.1 Å². The van der Waals surface area contributed by atoms with E-state index in [-0.39, 0.29) is 11.7 Å². The molecular formula is C26H26ClFN2O4S. The lowest BCUT2D eigenvalue weighted by Crippen LogP contribution is -2.44. The van der Waals surface area contributed by atoms with Crippen molar-refractivity contribution >= 4 is 39.8 Å². The summed E-state index contributed by atoms with van der Waals surface area (Å²) in [6, 6.07) is 6.81. The van der Waals surface area contributed by atoms with Crippen LogP contribution < -0.4 is 4.74 Å². The number of nitrogens with zero attached hydrogens (tertiary/aromatic N) is 2. The Balaban J connectivity index is 1.41. The van der Waals surface area contributed by atoms with Crippen molar-refractivity contribution in [1.82, 2.24) is 9.88 Å². The predicted molar refractivity (Wildman–Crippen MR) is 134 cm³/mol. The molecule has 0 bridgehead atoms. The summed E-state index contributed by atoms with van der Waals surface area (Å²) in [5.41, 5.74) is 1.28. The molecule has 35 heavy (non-hydrogen) atoms. The van der Waals surface area contributed by atoms with Gasteiger partial charge in [-0.3, -0.25) is 14.7 Å². The van der Waals surface area contributed by atoms with E-state index >= 15 is 0 Å². The highest BCUT2D eigenvalue weighted by atomic mass is 35.5. The first-order valence-corrected chi connectivity index (χ1v) is 12.6. The van der Waals surface area contributed by atoms with Crippen molar-refractivity contribution in [3.63, 3.8) is 0 Å². The average Bonchev–Trinajstić information content (AvgIpc) is 3.27. The first-order valence-electron chi connectivity index (χ1n) is 11.3. The van der Waals surface area contributed by atoms with Gasteiger partial charge in [0.2, 0.25) is 0 Å². The lowest BCUT2D eigenvalue weighted by atomic mass is 9.81. The minimum atomic E-state index is -0.857. The molecule has 3 atom stereocenters. The number of hydrogen-bond acceptors (Lipinski definition) is 6. The smallest absolute Gasteiger partial charge is 0.308 e. The third-order valence-corrected chi connectivity index (χ3v) is 7.57. The standard InChI is InChI=1S/C26H26ClFN2O4S/c1-34-18-5-6-23-20(12-18)25(22(27)13-29-23)24(31)7-4-16-8-10-30(14-21(16)26(32)33)9-2-3-19-11-17(28)15-35-19/h5-6,11-13,15-16,21,24,31H,4,7-10,14H2,1H3,(H,32,33). The molecule has 1 fully saturated rings. The molecule has 1 aliphatic heterocycles. The minimum Gasteiger partial charge on any atom is -0.497 e. The highest BCUT2D eigenvalue weighted by Crippen LogP contribution is 2.36. The van der Waals surface area contributed by atoms with E-state index in [2.05, 4.69) is 16.8 Å². The van der Waals surface area contributed by atoms with Crippen LogP contribution in [0.4, 0.5) is 4.39 Å². The number of halogens is 2. The number of aliphatic carboxylic acids is 1. The van der Waals surface area contributed by atoms with Crippen molar-refractivity contribution in [3.8, 4) is 17.6 Å². The van der Waals surface area contributed by atoms with E-state index in [1.165, 1.54) is 29.0 Å². The van der Waals surface area contributed by atoms with Gasteiger partial charge in [0, 0.05) is 35.1 Å². The van der Waals surface area contributed by atoms with Crippen molar-refractivity contribution in [2.75, 3.05) is 26.7 Å². The van der Waals surface area contributed by atoms with Crippen LogP contribution in [0.1, 0.15) is 35.8 Å². The number of rotatable bonds is 7. The number of ether oxygens (including phenoxy) is 1. The maximum absolute atomic E-state index is 13.1. The van der Waals surface area contributed by atoms with E-state index in [0.29, 0.717) is 65.6 Å². The van der Waals surface area contributed by atoms with Gasteiger partial charge in [-0.25, -0.2) is 4.39 Å². The average molecular weight is 517 g/mol. The van der Waals surface area contributed by atoms with Crippen molar-refractivity contribution in [2.45, 2.75) is 25.4 Å². The lowest BCUT2D eigenvalue weighted by Gasteiger charge is -2.36. The highest BCUT2D eigenvalue weighted by molar-refractivity contribution is 7.10. The Labute approximate surface area is 212 Å². The number of carboxylic acid groups (broad SMARTS) is 1.